The number of halogens is 2. The lowest BCUT2D eigenvalue weighted by Gasteiger charge is -2.12. The highest BCUT2D eigenvalue weighted by atomic mass is 35.5. The Morgan fingerprint density at radius 1 is 1.60 bits per heavy atom. The van der Waals surface area contributed by atoms with Gasteiger partial charge in [0.2, 0.25) is 5.95 Å². The Morgan fingerprint density at radius 3 is 3.00 bits per heavy atom. The van der Waals surface area contributed by atoms with Gasteiger partial charge in [-0.25, -0.2) is 4.98 Å². The second-order valence-electron chi connectivity index (χ2n) is 4.22. The van der Waals surface area contributed by atoms with Crippen molar-refractivity contribution < 1.29 is 9.84 Å². The van der Waals surface area contributed by atoms with E-state index in [4.69, 9.17) is 33.7 Å². The maximum atomic E-state index is 11.7. The van der Waals surface area contributed by atoms with E-state index in [9.17, 15) is 9.90 Å². The number of nitrogen functional groups attached to an aromatic ring is 1. The molecule has 4 N–H and O–H groups in total. The average Bonchev–Trinajstić information content (AvgIpc) is 2.92. The lowest BCUT2D eigenvalue weighted by atomic mass is 10.2. The fraction of sp³-hybridized carbons (Fsp3) is 0.300. The number of hydrogen-bond donors (Lipinski definition) is 3. The second kappa shape index (κ2) is 4.65. The maximum Gasteiger partial charge on any atom is 0.280 e. The first-order valence-electron chi connectivity index (χ1n) is 5.59. The molecule has 2 aromatic heterocycles. The van der Waals surface area contributed by atoms with Crippen LogP contribution in [0.1, 0.15) is 12.6 Å². The third kappa shape index (κ3) is 2.01. The molecule has 2 aromatic rings. The SMILES string of the molecule is Nc1nc2c(ncn2[C@H]2CC(O)C(=C(Cl)Cl)O2)c(=O)[nH]1. The number of nitrogens with one attached hydrogen (secondary N) is 1. The van der Waals surface area contributed by atoms with Gasteiger partial charge in [-0.2, -0.15) is 4.98 Å². The van der Waals surface area contributed by atoms with Crippen molar-refractivity contribution in [2.24, 2.45) is 0 Å². The van der Waals surface area contributed by atoms with Gasteiger partial charge in [0.15, 0.2) is 23.2 Å². The number of aromatic amines is 1. The molecule has 0 bridgehead atoms. The molecule has 1 unspecified atom stereocenters. The van der Waals surface area contributed by atoms with Crippen molar-refractivity contribution in [3.8, 4) is 0 Å². The molecule has 3 heterocycles. The molecule has 1 aliphatic rings. The first-order valence-corrected chi connectivity index (χ1v) is 6.35. The predicted octanol–water partition coefficient (Wildman–Crippen LogP) is 0.628. The summed E-state index contributed by atoms with van der Waals surface area (Å²) in [6.45, 7) is 0. The Hall–Kier alpha value is -1.77. The number of aliphatic hydroxyl groups excluding tert-OH is 1. The van der Waals surface area contributed by atoms with E-state index in [-0.39, 0.29) is 33.8 Å². The first-order chi connectivity index (χ1) is 9.47. The van der Waals surface area contributed by atoms with Crippen LogP contribution in [0.3, 0.4) is 0 Å². The molecule has 2 atom stereocenters. The number of rotatable bonds is 1. The topological polar surface area (TPSA) is 119 Å². The summed E-state index contributed by atoms with van der Waals surface area (Å²) in [7, 11) is 0. The smallest absolute Gasteiger partial charge is 0.280 e. The number of ether oxygens (including phenoxy) is 1. The van der Waals surface area contributed by atoms with Gasteiger partial charge in [0.05, 0.1) is 0 Å². The van der Waals surface area contributed by atoms with E-state index >= 15 is 0 Å². The lowest BCUT2D eigenvalue weighted by Crippen LogP contribution is -2.14. The van der Waals surface area contributed by atoms with Gasteiger partial charge in [-0.05, 0) is 0 Å². The molecule has 0 amide bonds. The number of fused-ring (bicyclic) bond motifs is 1. The molecular formula is C10H9Cl2N5O3. The predicted molar refractivity (Wildman–Crippen MR) is 72.0 cm³/mol. The molecule has 0 aliphatic carbocycles. The van der Waals surface area contributed by atoms with E-state index in [1.54, 1.807) is 0 Å². The number of H-pyrrole nitrogens is 1. The van der Waals surface area contributed by atoms with Crippen molar-refractivity contribution in [1.82, 2.24) is 19.5 Å². The number of aliphatic hydroxyl groups is 1. The van der Waals surface area contributed by atoms with Crippen LogP contribution in [-0.2, 0) is 4.74 Å². The highest BCUT2D eigenvalue weighted by Crippen LogP contribution is 2.36. The number of aromatic nitrogens is 4. The zero-order chi connectivity index (χ0) is 14.4. The van der Waals surface area contributed by atoms with Gasteiger partial charge >= 0.3 is 0 Å². The molecule has 20 heavy (non-hydrogen) atoms. The minimum absolute atomic E-state index is 0.0334. The molecular weight excluding hydrogens is 309 g/mol. The van der Waals surface area contributed by atoms with Gasteiger partial charge in [-0.15, -0.1) is 0 Å². The van der Waals surface area contributed by atoms with E-state index in [0.29, 0.717) is 0 Å². The van der Waals surface area contributed by atoms with E-state index < -0.39 is 17.9 Å². The quantitative estimate of drug-likeness (QED) is 0.709. The van der Waals surface area contributed by atoms with Gasteiger partial charge in [-0.3, -0.25) is 14.3 Å². The van der Waals surface area contributed by atoms with Gasteiger partial charge in [0, 0.05) is 6.42 Å². The third-order valence-corrected chi connectivity index (χ3v) is 3.31. The number of nitrogens with two attached hydrogens (primary N) is 1. The number of nitrogens with zero attached hydrogens (tertiary/aromatic N) is 3. The zero-order valence-electron chi connectivity index (χ0n) is 9.88. The van der Waals surface area contributed by atoms with Gasteiger partial charge in [0.1, 0.15) is 16.9 Å². The largest absolute Gasteiger partial charge is 0.469 e. The normalized spacial score (nSPS) is 22.2. The summed E-state index contributed by atoms with van der Waals surface area (Å²) in [5.41, 5.74) is 5.45. The minimum atomic E-state index is -0.929. The number of hydrogen-bond acceptors (Lipinski definition) is 6. The molecule has 0 saturated carbocycles. The second-order valence-corrected chi connectivity index (χ2v) is 5.17. The molecule has 3 rings (SSSR count). The Kier molecular flexibility index (Phi) is 3.08. The maximum absolute atomic E-state index is 11.7. The van der Waals surface area contributed by atoms with Crippen molar-refractivity contribution >= 4 is 40.3 Å². The van der Waals surface area contributed by atoms with E-state index in [2.05, 4.69) is 15.0 Å². The highest BCUT2D eigenvalue weighted by Gasteiger charge is 2.34. The van der Waals surface area contributed by atoms with Crippen LogP contribution in [0, 0.1) is 0 Å². The molecule has 0 spiro atoms. The number of imidazole rings is 1. The standard InChI is InChI=1S/C10H9Cl2N5O3/c11-7(12)6-3(18)1-4(20-6)17-2-14-5-8(17)15-10(13)16-9(5)19/h2-4,18H,1H2,(H3,13,15,16,19)/t3?,4-/m1/s1. The van der Waals surface area contributed by atoms with E-state index in [1.165, 1.54) is 10.9 Å². The van der Waals surface area contributed by atoms with Crippen molar-refractivity contribution in [2.45, 2.75) is 18.8 Å². The van der Waals surface area contributed by atoms with Crippen molar-refractivity contribution in [2.75, 3.05) is 5.73 Å². The Balaban J connectivity index is 2.09. The van der Waals surface area contributed by atoms with Crippen LogP contribution in [0.5, 0.6) is 0 Å². The van der Waals surface area contributed by atoms with Gasteiger partial charge < -0.3 is 15.6 Å². The Bertz CT molecular complexity index is 764. The monoisotopic (exact) mass is 317 g/mol. The summed E-state index contributed by atoms with van der Waals surface area (Å²) in [6, 6.07) is 0. The number of anilines is 1. The lowest BCUT2D eigenvalue weighted by molar-refractivity contribution is 0.100. The van der Waals surface area contributed by atoms with Crippen LogP contribution in [-0.4, -0.2) is 30.7 Å². The third-order valence-electron chi connectivity index (χ3n) is 2.94. The minimum Gasteiger partial charge on any atom is -0.469 e. The van der Waals surface area contributed by atoms with Crippen molar-refractivity contribution in [1.29, 1.82) is 0 Å². The molecule has 1 saturated heterocycles. The molecule has 0 radical (unpaired) electrons. The summed E-state index contributed by atoms with van der Waals surface area (Å²) < 4.78 is 6.81. The fourth-order valence-electron chi connectivity index (χ4n) is 2.07. The summed E-state index contributed by atoms with van der Waals surface area (Å²) in [5.74, 6) is 0.0481. The van der Waals surface area contributed by atoms with Gasteiger partial charge in [0.25, 0.3) is 5.56 Å². The Morgan fingerprint density at radius 2 is 2.35 bits per heavy atom. The van der Waals surface area contributed by atoms with E-state index in [1.807, 2.05) is 0 Å². The summed E-state index contributed by atoms with van der Waals surface area (Å²) in [4.78, 5) is 22.0. The van der Waals surface area contributed by atoms with Crippen LogP contribution in [0.25, 0.3) is 11.2 Å². The summed E-state index contributed by atoms with van der Waals surface area (Å²) in [5, 5.41) is 9.81. The zero-order valence-corrected chi connectivity index (χ0v) is 11.4. The van der Waals surface area contributed by atoms with E-state index in [0.717, 1.165) is 0 Å². The van der Waals surface area contributed by atoms with Crippen LogP contribution >= 0.6 is 23.2 Å². The van der Waals surface area contributed by atoms with Crippen molar-refractivity contribution in [3.63, 3.8) is 0 Å². The molecule has 1 aliphatic heterocycles. The van der Waals surface area contributed by atoms with Crippen molar-refractivity contribution in [3.05, 3.63) is 26.9 Å². The molecule has 0 aromatic carbocycles. The van der Waals surface area contributed by atoms with Crippen LogP contribution in [0.15, 0.2) is 21.4 Å². The molecule has 106 valence electrons. The van der Waals surface area contributed by atoms with Gasteiger partial charge in [-0.1, -0.05) is 23.2 Å². The fourth-order valence-corrected chi connectivity index (χ4v) is 2.41. The summed E-state index contributed by atoms with van der Waals surface area (Å²) >= 11 is 11.2. The first kappa shape index (κ1) is 13.2. The molecule has 1 fully saturated rings. The van der Waals surface area contributed by atoms with Crippen LogP contribution < -0.4 is 11.3 Å². The molecule has 10 heteroatoms. The summed E-state index contributed by atoms with van der Waals surface area (Å²) in [6.07, 6.45) is 0.0421. The average molecular weight is 318 g/mol. The van der Waals surface area contributed by atoms with Crippen LogP contribution in [0.2, 0.25) is 0 Å². The Labute approximate surface area is 121 Å². The van der Waals surface area contributed by atoms with Crippen LogP contribution in [0.4, 0.5) is 5.95 Å². The molecule has 8 nitrogen and oxygen atoms in total. The highest BCUT2D eigenvalue weighted by molar-refractivity contribution is 6.56.